The summed E-state index contributed by atoms with van der Waals surface area (Å²) in [5, 5.41) is 12.9. The van der Waals surface area contributed by atoms with Crippen LogP contribution in [0.15, 0.2) is 0 Å². The van der Waals surface area contributed by atoms with E-state index in [-0.39, 0.29) is 5.54 Å². The van der Waals surface area contributed by atoms with Gasteiger partial charge in [-0.15, -0.1) is 0 Å². The average molecular weight is 235 g/mol. The van der Waals surface area contributed by atoms with Crippen molar-refractivity contribution in [2.75, 3.05) is 13.6 Å². The van der Waals surface area contributed by atoms with E-state index in [4.69, 9.17) is 0 Å². The zero-order valence-electron chi connectivity index (χ0n) is 11.2. The SMILES string of the molecule is CCNC1(C#N)CCCC(N(C)C2CCC2)C1. The molecular formula is C14H25N3. The molecule has 3 nitrogen and oxygen atoms in total. The highest BCUT2D eigenvalue weighted by atomic mass is 15.2. The van der Waals surface area contributed by atoms with Gasteiger partial charge in [0, 0.05) is 12.1 Å². The first-order valence-corrected chi connectivity index (χ1v) is 7.09. The molecule has 2 saturated carbocycles. The molecule has 96 valence electrons. The maximum atomic E-state index is 9.45. The minimum absolute atomic E-state index is 0.254. The molecule has 0 saturated heterocycles. The van der Waals surface area contributed by atoms with Crippen LogP contribution in [0.25, 0.3) is 0 Å². The van der Waals surface area contributed by atoms with Gasteiger partial charge in [0.15, 0.2) is 0 Å². The Kier molecular flexibility index (Phi) is 4.06. The van der Waals surface area contributed by atoms with E-state index in [1.54, 1.807) is 0 Å². The lowest BCUT2D eigenvalue weighted by atomic mass is 9.78. The molecule has 0 spiro atoms. The number of nitrogens with one attached hydrogen (secondary N) is 1. The Labute approximate surface area is 105 Å². The van der Waals surface area contributed by atoms with Crippen LogP contribution < -0.4 is 5.32 Å². The molecule has 0 aromatic heterocycles. The molecule has 0 amide bonds. The molecule has 2 aliphatic carbocycles. The highest BCUT2D eigenvalue weighted by Gasteiger charge is 2.39. The second-order valence-electron chi connectivity index (χ2n) is 5.72. The van der Waals surface area contributed by atoms with E-state index in [1.807, 2.05) is 0 Å². The number of hydrogen-bond donors (Lipinski definition) is 1. The third kappa shape index (κ3) is 2.64. The van der Waals surface area contributed by atoms with E-state index in [2.05, 4.69) is 30.3 Å². The topological polar surface area (TPSA) is 39.1 Å². The van der Waals surface area contributed by atoms with E-state index in [1.165, 1.54) is 32.1 Å². The van der Waals surface area contributed by atoms with E-state index >= 15 is 0 Å². The molecule has 3 heteroatoms. The summed E-state index contributed by atoms with van der Waals surface area (Å²) in [5.74, 6) is 0. The maximum Gasteiger partial charge on any atom is 0.108 e. The molecule has 0 aromatic rings. The van der Waals surface area contributed by atoms with Crippen LogP contribution in [0.3, 0.4) is 0 Å². The highest BCUT2D eigenvalue weighted by molar-refractivity contribution is 5.11. The van der Waals surface area contributed by atoms with Crippen molar-refractivity contribution in [1.82, 2.24) is 10.2 Å². The van der Waals surface area contributed by atoms with Crippen LogP contribution in [0, 0.1) is 11.3 Å². The van der Waals surface area contributed by atoms with Crippen molar-refractivity contribution in [3.63, 3.8) is 0 Å². The standard InChI is InChI=1S/C14H25N3/c1-3-16-14(11-15)9-5-8-13(10-14)17(2)12-6-4-7-12/h12-13,16H,3-10H2,1-2H3. The van der Waals surface area contributed by atoms with Crippen molar-refractivity contribution >= 4 is 0 Å². The monoisotopic (exact) mass is 235 g/mol. The van der Waals surface area contributed by atoms with Gasteiger partial charge in [-0.05, 0) is 52.1 Å². The van der Waals surface area contributed by atoms with Crippen LogP contribution >= 0.6 is 0 Å². The first-order valence-electron chi connectivity index (χ1n) is 7.09. The Morgan fingerprint density at radius 1 is 1.29 bits per heavy atom. The van der Waals surface area contributed by atoms with E-state index in [9.17, 15) is 5.26 Å². The molecule has 0 aromatic carbocycles. The third-order valence-corrected chi connectivity index (χ3v) is 4.68. The van der Waals surface area contributed by atoms with Crippen molar-refractivity contribution in [2.45, 2.75) is 69.5 Å². The van der Waals surface area contributed by atoms with Gasteiger partial charge < -0.3 is 4.90 Å². The molecule has 2 unspecified atom stereocenters. The van der Waals surface area contributed by atoms with Gasteiger partial charge in [0.25, 0.3) is 0 Å². The van der Waals surface area contributed by atoms with Crippen LogP contribution in [-0.4, -0.2) is 36.1 Å². The fraction of sp³-hybridized carbons (Fsp3) is 0.929. The Morgan fingerprint density at radius 2 is 2.00 bits per heavy atom. The Balaban J connectivity index is 1.97. The van der Waals surface area contributed by atoms with Crippen molar-refractivity contribution in [3.05, 3.63) is 0 Å². The van der Waals surface area contributed by atoms with E-state index < -0.39 is 0 Å². The third-order valence-electron chi connectivity index (χ3n) is 4.68. The quantitative estimate of drug-likeness (QED) is 0.812. The molecule has 0 heterocycles. The van der Waals surface area contributed by atoms with Gasteiger partial charge in [0.05, 0.1) is 6.07 Å². The van der Waals surface area contributed by atoms with Crippen molar-refractivity contribution in [2.24, 2.45) is 0 Å². The van der Waals surface area contributed by atoms with Gasteiger partial charge >= 0.3 is 0 Å². The predicted molar refractivity (Wildman–Crippen MR) is 69.7 cm³/mol. The maximum absolute atomic E-state index is 9.45. The molecule has 2 aliphatic rings. The Morgan fingerprint density at radius 3 is 2.53 bits per heavy atom. The minimum atomic E-state index is -0.254. The summed E-state index contributed by atoms with van der Waals surface area (Å²) in [6.07, 6.45) is 8.57. The average Bonchev–Trinajstić information content (AvgIpc) is 2.27. The van der Waals surface area contributed by atoms with Crippen LogP contribution in [-0.2, 0) is 0 Å². The molecule has 2 atom stereocenters. The lowest BCUT2D eigenvalue weighted by Gasteiger charge is -2.45. The summed E-state index contributed by atoms with van der Waals surface area (Å²) in [7, 11) is 2.26. The predicted octanol–water partition coefficient (Wildman–Crippen LogP) is 2.29. The van der Waals surface area contributed by atoms with Crippen molar-refractivity contribution in [3.8, 4) is 6.07 Å². The minimum Gasteiger partial charge on any atom is -0.300 e. The number of hydrogen-bond acceptors (Lipinski definition) is 3. The molecular weight excluding hydrogens is 210 g/mol. The van der Waals surface area contributed by atoms with Gasteiger partial charge in [0.2, 0.25) is 0 Å². The number of rotatable bonds is 4. The van der Waals surface area contributed by atoms with Gasteiger partial charge in [-0.25, -0.2) is 0 Å². The Hall–Kier alpha value is -0.590. The fourth-order valence-electron chi connectivity index (χ4n) is 3.33. The molecule has 0 bridgehead atoms. The van der Waals surface area contributed by atoms with Crippen LogP contribution in [0.1, 0.15) is 51.9 Å². The fourth-order valence-corrected chi connectivity index (χ4v) is 3.33. The molecule has 17 heavy (non-hydrogen) atoms. The van der Waals surface area contributed by atoms with Crippen molar-refractivity contribution < 1.29 is 0 Å². The van der Waals surface area contributed by atoms with E-state index in [0.717, 1.165) is 25.4 Å². The van der Waals surface area contributed by atoms with Crippen molar-refractivity contribution in [1.29, 1.82) is 5.26 Å². The van der Waals surface area contributed by atoms with Crippen LogP contribution in [0.5, 0.6) is 0 Å². The molecule has 2 fully saturated rings. The number of nitrogens with zero attached hydrogens (tertiary/aromatic N) is 2. The summed E-state index contributed by atoms with van der Waals surface area (Å²) in [4.78, 5) is 2.55. The Bertz CT molecular complexity index is 288. The lowest BCUT2D eigenvalue weighted by Crippen LogP contribution is -2.54. The number of nitriles is 1. The second kappa shape index (κ2) is 5.37. The van der Waals surface area contributed by atoms with Crippen LogP contribution in [0.4, 0.5) is 0 Å². The normalized spacial score (nSPS) is 34.4. The second-order valence-corrected chi connectivity index (χ2v) is 5.72. The largest absolute Gasteiger partial charge is 0.300 e. The molecule has 0 aliphatic heterocycles. The highest BCUT2D eigenvalue weighted by Crippen LogP contribution is 2.34. The zero-order valence-corrected chi connectivity index (χ0v) is 11.2. The molecule has 2 rings (SSSR count). The first kappa shape index (κ1) is 12.9. The van der Waals surface area contributed by atoms with Gasteiger partial charge in [-0.3, -0.25) is 5.32 Å². The summed E-state index contributed by atoms with van der Waals surface area (Å²) >= 11 is 0. The zero-order chi connectivity index (χ0) is 12.3. The lowest BCUT2D eigenvalue weighted by molar-refractivity contribution is 0.0683. The van der Waals surface area contributed by atoms with Gasteiger partial charge in [0.1, 0.15) is 5.54 Å². The first-order chi connectivity index (χ1) is 8.21. The van der Waals surface area contributed by atoms with Gasteiger partial charge in [-0.2, -0.15) is 5.26 Å². The molecule has 1 N–H and O–H groups in total. The van der Waals surface area contributed by atoms with E-state index in [0.29, 0.717) is 6.04 Å². The summed E-state index contributed by atoms with van der Waals surface area (Å²) in [5.41, 5.74) is -0.254. The van der Waals surface area contributed by atoms with Gasteiger partial charge in [-0.1, -0.05) is 13.3 Å². The summed E-state index contributed by atoms with van der Waals surface area (Å²) in [6, 6.07) is 3.93. The van der Waals surface area contributed by atoms with Crippen LogP contribution in [0.2, 0.25) is 0 Å². The molecule has 0 radical (unpaired) electrons. The summed E-state index contributed by atoms with van der Waals surface area (Å²) in [6.45, 7) is 2.99. The smallest absolute Gasteiger partial charge is 0.108 e. The summed E-state index contributed by atoms with van der Waals surface area (Å²) < 4.78 is 0.